The van der Waals surface area contributed by atoms with Crippen molar-refractivity contribution in [2.45, 2.75) is 30.2 Å². The van der Waals surface area contributed by atoms with Crippen LogP contribution in [0.15, 0.2) is 53.4 Å². The van der Waals surface area contributed by atoms with Crippen molar-refractivity contribution in [1.82, 2.24) is 10.2 Å². The van der Waals surface area contributed by atoms with Gasteiger partial charge in [-0.1, -0.05) is 12.1 Å². The Labute approximate surface area is 207 Å². The number of carbonyl (C=O) groups is 3. The summed E-state index contributed by atoms with van der Waals surface area (Å²) in [6, 6.07) is 14.0. The minimum Gasteiger partial charge on any atom is -0.497 e. The van der Waals surface area contributed by atoms with E-state index in [-0.39, 0.29) is 24.3 Å². The smallest absolute Gasteiger partial charge is 0.251 e. The Hall–Kier alpha value is -3.00. The zero-order valence-corrected chi connectivity index (χ0v) is 22.5. The first-order valence-electron chi connectivity index (χ1n) is 11.8. The highest BCUT2D eigenvalue weighted by atomic mass is 32.4. The fourth-order valence-electron chi connectivity index (χ4n) is 3.94. The maximum atomic E-state index is 13.3. The molecule has 1 fully saturated rings. The highest BCUT2D eigenvalue weighted by molar-refractivity contribution is 8.62. The van der Waals surface area contributed by atoms with Crippen molar-refractivity contribution in [1.29, 1.82) is 0 Å². The molecule has 2 aromatic carbocycles. The number of ether oxygens (including phenoxy) is 1. The van der Waals surface area contributed by atoms with Gasteiger partial charge in [0.25, 0.3) is 5.91 Å². The normalized spacial score (nSPS) is 17.1. The molecule has 1 heterocycles. The standard InChI is InChI=1S/C27H39N3O4S/c1-34-22-14-10-20(11-15-22)26(29-24(31)19-30-18-8-7-9-25(30)32)27(33)28-21-12-16-23(17-13-21)35(2,3,4,5)6/h10-17,26H,7-9,18-19H2,1-6H3,(H,28,33)(H,29,31). The minimum atomic E-state index is -2.35. The van der Waals surface area contributed by atoms with Gasteiger partial charge in [0.1, 0.15) is 11.8 Å². The molecule has 2 N–H and O–H groups in total. The Balaban J connectivity index is 1.79. The summed E-state index contributed by atoms with van der Waals surface area (Å²) in [6.07, 6.45) is 13.6. The maximum Gasteiger partial charge on any atom is 0.251 e. The molecule has 3 rings (SSSR count). The molecule has 0 bridgehead atoms. The number of piperidine rings is 1. The van der Waals surface area contributed by atoms with Gasteiger partial charge in [0.05, 0.1) is 13.7 Å². The van der Waals surface area contributed by atoms with Gasteiger partial charge in [-0.3, -0.25) is 22.7 Å². The lowest BCUT2D eigenvalue weighted by atomic mass is 10.1. The van der Waals surface area contributed by atoms with E-state index in [2.05, 4.69) is 54.0 Å². The highest BCUT2D eigenvalue weighted by Gasteiger charge is 2.38. The summed E-state index contributed by atoms with van der Waals surface area (Å²) in [4.78, 5) is 41.1. The van der Waals surface area contributed by atoms with Crippen LogP contribution in [0.2, 0.25) is 0 Å². The molecule has 0 aliphatic carbocycles. The minimum absolute atomic E-state index is 0.0267. The summed E-state index contributed by atoms with van der Waals surface area (Å²) in [6.45, 7) is 0.502. The first-order valence-corrected chi connectivity index (χ1v) is 16.3. The zero-order chi connectivity index (χ0) is 25.9. The number of hydrogen-bond donors (Lipinski definition) is 2. The Morgan fingerprint density at radius 3 is 2.14 bits per heavy atom. The van der Waals surface area contributed by atoms with Gasteiger partial charge >= 0.3 is 0 Å². The van der Waals surface area contributed by atoms with Crippen LogP contribution in [-0.4, -0.2) is 74.1 Å². The molecule has 0 spiro atoms. The number of benzene rings is 2. The van der Waals surface area contributed by atoms with E-state index < -0.39 is 14.3 Å². The number of rotatable bonds is 8. The lowest BCUT2D eigenvalue weighted by Crippen LogP contribution is -2.45. The van der Waals surface area contributed by atoms with E-state index in [1.807, 2.05) is 12.1 Å². The van der Waals surface area contributed by atoms with Gasteiger partial charge in [0.2, 0.25) is 11.8 Å². The van der Waals surface area contributed by atoms with Gasteiger partial charge in [-0.25, -0.2) is 0 Å². The molecule has 1 aliphatic rings. The average molecular weight is 502 g/mol. The first-order chi connectivity index (χ1) is 16.2. The molecule has 35 heavy (non-hydrogen) atoms. The molecule has 192 valence electrons. The van der Waals surface area contributed by atoms with Gasteiger partial charge in [0.15, 0.2) is 0 Å². The van der Waals surface area contributed by atoms with Crippen molar-refractivity contribution in [3.63, 3.8) is 0 Å². The molecule has 3 amide bonds. The molecule has 1 unspecified atom stereocenters. The second-order valence-corrected chi connectivity index (χ2v) is 22.8. The third kappa shape index (κ3) is 7.24. The van der Waals surface area contributed by atoms with E-state index in [1.54, 1.807) is 36.3 Å². The molecule has 0 radical (unpaired) electrons. The predicted molar refractivity (Wildman–Crippen MR) is 145 cm³/mol. The van der Waals surface area contributed by atoms with Crippen molar-refractivity contribution in [3.05, 3.63) is 54.1 Å². The lowest BCUT2D eigenvalue weighted by Gasteiger charge is -2.66. The molecular weight excluding hydrogens is 462 g/mol. The van der Waals surface area contributed by atoms with E-state index in [0.717, 1.165) is 12.8 Å². The lowest BCUT2D eigenvalue weighted by molar-refractivity contribution is -0.138. The largest absolute Gasteiger partial charge is 0.497 e. The van der Waals surface area contributed by atoms with Crippen molar-refractivity contribution in [2.75, 3.05) is 56.8 Å². The molecule has 2 aromatic rings. The monoisotopic (exact) mass is 501 g/mol. The number of hydrogen-bond acceptors (Lipinski definition) is 4. The van der Waals surface area contributed by atoms with Gasteiger partial charge in [-0.15, -0.1) is 0 Å². The Morgan fingerprint density at radius 2 is 1.60 bits per heavy atom. The zero-order valence-electron chi connectivity index (χ0n) is 21.7. The number of carbonyl (C=O) groups excluding carboxylic acids is 3. The van der Waals surface area contributed by atoms with E-state index in [0.29, 0.717) is 30.0 Å². The van der Waals surface area contributed by atoms with Gasteiger partial charge in [-0.05, 0) is 91.0 Å². The van der Waals surface area contributed by atoms with Crippen LogP contribution >= 0.6 is 8.29 Å². The maximum absolute atomic E-state index is 13.3. The second kappa shape index (κ2) is 9.22. The Kier molecular flexibility index (Phi) is 7.01. The van der Waals surface area contributed by atoms with Gasteiger partial charge in [-0.2, -0.15) is 0 Å². The third-order valence-corrected chi connectivity index (χ3v) is 8.70. The van der Waals surface area contributed by atoms with Crippen LogP contribution in [0.1, 0.15) is 30.9 Å². The van der Waals surface area contributed by atoms with E-state index >= 15 is 0 Å². The average Bonchev–Trinajstić information content (AvgIpc) is 2.78. The number of amides is 3. The Morgan fingerprint density at radius 1 is 0.971 bits per heavy atom. The summed E-state index contributed by atoms with van der Waals surface area (Å²) in [7, 11) is -0.784. The molecule has 8 heteroatoms. The number of nitrogens with zero attached hydrogens (tertiary/aromatic N) is 1. The number of anilines is 1. The highest BCUT2D eigenvalue weighted by Crippen LogP contribution is 2.81. The fraction of sp³-hybridized carbons (Fsp3) is 0.444. The van der Waals surface area contributed by atoms with Crippen molar-refractivity contribution < 1.29 is 19.1 Å². The summed E-state index contributed by atoms with van der Waals surface area (Å²) >= 11 is 0. The fourth-order valence-corrected chi connectivity index (χ4v) is 5.44. The van der Waals surface area contributed by atoms with Crippen LogP contribution < -0.4 is 15.4 Å². The molecular formula is C27H39N3O4S. The summed E-state index contributed by atoms with van der Waals surface area (Å²) in [5, 5.41) is 5.76. The second-order valence-electron chi connectivity index (χ2n) is 12.2. The molecule has 0 aromatic heterocycles. The summed E-state index contributed by atoms with van der Waals surface area (Å²) in [5.41, 5.74) is 1.28. The van der Waals surface area contributed by atoms with Crippen LogP contribution in [-0.2, 0) is 14.4 Å². The summed E-state index contributed by atoms with van der Waals surface area (Å²) in [5.74, 6) is -0.0993. The van der Waals surface area contributed by atoms with E-state index in [9.17, 15) is 14.4 Å². The van der Waals surface area contributed by atoms with E-state index in [1.165, 1.54) is 4.90 Å². The van der Waals surface area contributed by atoms with Crippen molar-refractivity contribution in [2.24, 2.45) is 0 Å². The van der Waals surface area contributed by atoms with Gasteiger partial charge < -0.3 is 20.3 Å². The number of likely N-dealkylation sites (tertiary alicyclic amines) is 1. The number of methoxy groups -OCH3 is 1. The SMILES string of the molecule is COc1ccc(C(NC(=O)CN2CCCCC2=O)C(=O)Nc2ccc(S(C)(C)(C)(C)C)cc2)cc1. The quantitative estimate of drug-likeness (QED) is 0.575. The Bertz CT molecular complexity index is 1090. The molecule has 1 atom stereocenters. The molecule has 1 aliphatic heterocycles. The van der Waals surface area contributed by atoms with Crippen molar-refractivity contribution in [3.8, 4) is 5.75 Å². The van der Waals surface area contributed by atoms with Crippen LogP contribution in [0.25, 0.3) is 0 Å². The molecule has 1 saturated heterocycles. The first kappa shape index (κ1) is 26.6. The van der Waals surface area contributed by atoms with Crippen LogP contribution in [0, 0.1) is 0 Å². The third-order valence-electron chi connectivity index (χ3n) is 6.07. The van der Waals surface area contributed by atoms with Crippen LogP contribution in [0.4, 0.5) is 5.69 Å². The summed E-state index contributed by atoms with van der Waals surface area (Å²) < 4.78 is 5.22. The van der Waals surface area contributed by atoms with E-state index in [4.69, 9.17) is 4.74 Å². The van der Waals surface area contributed by atoms with Crippen LogP contribution in [0.5, 0.6) is 5.75 Å². The molecule has 7 nitrogen and oxygen atoms in total. The number of nitrogens with one attached hydrogen (secondary N) is 2. The van der Waals surface area contributed by atoms with Crippen molar-refractivity contribution >= 4 is 31.7 Å². The molecule has 0 saturated carbocycles. The topological polar surface area (TPSA) is 87.7 Å². The van der Waals surface area contributed by atoms with Gasteiger partial charge in [0, 0.05) is 18.7 Å². The predicted octanol–water partition coefficient (Wildman–Crippen LogP) is 3.89. The van der Waals surface area contributed by atoms with Crippen LogP contribution in [0.3, 0.4) is 0 Å².